The van der Waals surface area contributed by atoms with Crippen molar-refractivity contribution in [3.63, 3.8) is 0 Å². The van der Waals surface area contributed by atoms with Gasteiger partial charge in [-0.05, 0) is 5.92 Å². The summed E-state index contributed by atoms with van der Waals surface area (Å²) in [5.74, 6) is -2.28. The first-order chi connectivity index (χ1) is 8.18. The third-order valence-electron chi connectivity index (χ3n) is 2.33. The summed E-state index contributed by atoms with van der Waals surface area (Å²) in [5.41, 5.74) is 0. The predicted molar refractivity (Wildman–Crippen MR) is 64.4 cm³/mol. The number of nitrogens with one attached hydrogen (secondary N) is 1. The molecule has 1 atom stereocenters. The van der Waals surface area contributed by atoms with Crippen LogP contribution in [0.15, 0.2) is 0 Å². The van der Waals surface area contributed by atoms with E-state index in [1.807, 2.05) is 0 Å². The molecule has 0 fully saturated rings. The van der Waals surface area contributed by atoms with Crippen molar-refractivity contribution in [2.45, 2.75) is 32.7 Å². The third kappa shape index (κ3) is 7.23. The molecule has 7 nitrogen and oxygen atoms in total. The first-order valence-corrected chi connectivity index (χ1v) is 7.11. The van der Waals surface area contributed by atoms with Gasteiger partial charge in [0.05, 0.1) is 25.7 Å². The molecule has 0 rings (SSSR count). The van der Waals surface area contributed by atoms with Gasteiger partial charge in [0.15, 0.2) is 0 Å². The SMILES string of the molecule is COC(=O)CCS(=O)(=O)NC(CC(=O)O)C(C)C. The molecule has 0 aromatic heterocycles. The quantitative estimate of drug-likeness (QED) is 0.604. The standard InChI is InChI=1S/C10H19NO6S/c1-7(2)8(6-9(12)13)11-18(15,16)5-4-10(14)17-3/h7-8,11H,4-6H2,1-3H3,(H,12,13). The molecule has 0 radical (unpaired) electrons. The Labute approximate surface area is 107 Å². The average molecular weight is 281 g/mol. The highest BCUT2D eigenvalue weighted by atomic mass is 32.2. The van der Waals surface area contributed by atoms with E-state index in [-0.39, 0.29) is 18.8 Å². The van der Waals surface area contributed by atoms with Crippen LogP contribution in [0.25, 0.3) is 0 Å². The van der Waals surface area contributed by atoms with Gasteiger partial charge in [-0.15, -0.1) is 0 Å². The van der Waals surface area contributed by atoms with Crippen LogP contribution in [-0.2, 0) is 24.3 Å². The van der Waals surface area contributed by atoms with Gasteiger partial charge in [0.25, 0.3) is 0 Å². The number of hydrogen-bond acceptors (Lipinski definition) is 5. The van der Waals surface area contributed by atoms with Crippen LogP contribution in [0, 0.1) is 5.92 Å². The van der Waals surface area contributed by atoms with Gasteiger partial charge in [-0.25, -0.2) is 13.1 Å². The summed E-state index contributed by atoms with van der Waals surface area (Å²) in [6.45, 7) is 3.44. The lowest BCUT2D eigenvalue weighted by atomic mass is 10.0. The number of carboxylic acids is 1. The number of esters is 1. The molecular weight excluding hydrogens is 262 g/mol. The fourth-order valence-electron chi connectivity index (χ4n) is 1.21. The van der Waals surface area contributed by atoms with Crippen molar-refractivity contribution < 1.29 is 27.9 Å². The zero-order valence-electron chi connectivity index (χ0n) is 10.7. The number of carbonyl (C=O) groups is 2. The number of sulfonamides is 1. The van der Waals surface area contributed by atoms with E-state index < -0.39 is 33.8 Å². The Morgan fingerprint density at radius 1 is 1.33 bits per heavy atom. The van der Waals surface area contributed by atoms with Gasteiger partial charge in [0, 0.05) is 6.04 Å². The second kappa shape index (κ2) is 7.32. The summed E-state index contributed by atoms with van der Waals surface area (Å²) in [6, 6.07) is -0.690. The number of methoxy groups -OCH3 is 1. The van der Waals surface area contributed by atoms with E-state index in [4.69, 9.17) is 5.11 Å². The first-order valence-electron chi connectivity index (χ1n) is 5.46. The van der Waals surface area contributed by atoms with Gasteiger partial charge in [-0.3, -0.25) is 9.59 Å². The Morgan fingerprint density at radius 3 is 2.28 bits per heavy atom. The van der Waals surface area contributed by atoms with Crippen LogP contribution >= 0.6 is 0 Å². The molecule has 2 N–H and O–H groups in total. The average Bonchev–Trinajstić information content (AvgIpc) is 2.24. The van der Waals surface area contributed by atoms with Crippen molar-refractivity contribution in [2.75, 3.05) is 12.9 Å². The largest absolute Gasteiger partial charge is 0.481 e. The van der Waals surface area contributed by atoms with E-state index in [1.54, 1.807) is 13.8 Å². The van der Waals surface area contributed by atoms with E-state index in [2.05, 4.69) is 9.46 Å². The molecular formula is C10H19NO6S. The second-order valence-electron chi connectivity index (χ2n) is 4.21. The van der Waals surface area contributed by atoms with E-state index >= 15 is 0 Å². The van der Waals surface area contributed by atoms with Crippen LogP contribution in [0.2, 0.25) is 0 Å². The summed E-state index contributed by atoms with van der Waals surface area (Å²) in [4.78, 5) is 21.5. The molecule has 0 bridgehead atoms. The van der Waals surface area contributed by atoms with E-state index in [9.17, 15) is 18.0 Å². The van der Waals surface area contributed by atoms with Gasteiger partial charge in [-0.1, -0.05) is 13.8 Å². The smallest absolute Gasteiger partial charge is 0.306 e. The summed E-state index contributed by atoms with van der Waals surface area (Å²) in [6.07, 6.45) is -0.557. The van der Waals surface area contributed by atoms with Crippen LogP contribution < -0.4 is 4.72 Å². The topological polar surface area (TPSA) is 110 Å². The highest BCUT2D eigenvalue weighted by Crippen LogP contribution is 2.08. The van der Waals surface area contributed by atoms with Crippen molar-refractivity contribution in [1.29, 1.82) is 0 Å². The van der Waals surface area contributed by atoms with E-state index in [0.717, 1.165) is 0 Å². The lowest BCUT2D eigenvalue weighted by Gasteiger charge is -2.20. The number of hydrogen-bond donors (Lipinski definition) is 2. The predicted octanol–water partition coefficient (Wildman–Crippen LogP) is -0.0318. The van der Waals surface area contributed by atoms with Gasteiger partial charge >= 0.3 is 11.9 Å². The number of carbonyl (C=O) groups excluding carboxylic acids is 1. The normalized spacial score (nSPS) is 13.3. The zero-order valence-corrected chi connectivity index (χ0v) is 11.5. The van der Waals surface area contributed by atoms with Gasteiger partial charge in [0.1, 0.15) is 0 Å². The fraction of sp³-hybridized carbons (Fsp3) is 0.800. The molecule has 0 saturated carbocycles. The molecule has 18 heavy (non-hydrogen) atoms. The van der Waals surface area contributed by atoms with Crippen LogP contribution in [0.4, 0.5) is 0 Å². The van der Waals surface area contributed by atoms with Crippen LogP contribution in [0.5, 0.6) is 0 Å². The molecule has 106 valence electrons. The highest BCUT2D eigenvalue weighted by Gasteiger charge is 2.23. The van der Waals surface area contributed by atoms with Crippen LogP contribution in [0.1, 0.15) is 26.7 Å². The number of rotatable bonds is 8. The molecule has 0 aliphatic rings. The highest BCUT2D eigenvalue weighted by molar-refractivity contribution is 7.89. The molecule has 0 spiro atoms. The molecule has 0 heterocycles. The summed E-state index contributed by atoms with van der Waals surface area (Å²) in [5, 5.41) is 8.68. The van der Waals surface area contributed by atoms with Crippen molar-refractivity contribution in [3.8, 4) is 0 Å². The van der Waals surface area contributed by atoms with Gasteiger partial charge < -0.3 is 9.84 Å². The zero-order chi connectivity index (χ0) is 14.3. The molecule has 0 amide bonds. The Hall–Kier alpha value is -1.15. The van der Waals surface area contributed by atoms with Crippen molar-refractivity contribution in [3.05, 3.63) is 0 Å². The lowest BCUT2D eigenvalue weighted by Crippen LogP contribution is -2.41. The Kier molecular flexibility index (Phi) is 6.85. The number of aliphatic carboxylic acids is 1. The maximum absolute atomic E-state index is 11.6. The van der Waals surface area contributed by atoms with Crippen molar-refractivity contribution in [1.82, 2.24) is 4.72 Å². The van der Waals surface area contributed by atoms with Crippen LogP contribution in [-0.4, -0.2) is 44.4 Å². The van der Waals surface area contributed by atoms with E-state index in [1.165, 1.54) is 7.11 Å². The number of carboxylic acid groups (broad SMARTS) is 1. The molecule has 0 aromatic rings. The maximum atomic E-state index is 11.6. The van der Waals surface area contributed by atoms with E-state index in [0.29, 0.717) is 0 Å². The molecule has 8 heteroatoms. The molecule has 0 saturated heterocycles. The van der Waals surface area contributed by atoms with Crippen molar-refractivity contribution in [2.24, 2.45) is 5.92 Å². The molecule has 1 unspecified atom stereocenters. The Bertz CT molecular complexity index is 389. The van der Waals surface area contributed by atoms with Crippen molar-refractivity contribution >= 4 is 22.0 Å². The molecule has 0 aromatic carbocycles. The van der Waals surface area contributed by atoms with Crippen LogP contribution in [0.3, 0.4) is 0 Å². The van der Waals surface area contributed by atoms with Gasteiger partial charge in [-0.2, -0.15) is 0 Å². The number of ether oxygens (including phenoxy) is 1. The summed E-state index contributed by atoms with van der Waals surface area (Å²) >= 11 is 0. The lowest BCUT2D eigenvalue weighted by molar-refractivity contribution is -0.140. The maximum Gasteiger partial charge on any atom is 0.306 e. The summed E-state index contributed by atoms with van der Waals surface area (Å²) < 4.78 is 29.9. The molecule has 0 aliphatic carbocycles. The Morgan fingerprint density at radius 2 is 1.89 bits per heavy atom. The third-order valence-corrected chi connectivity index (χ3v) is 3.74. The molecule has 0 aliphatic heterocycles. The first kappa shape index (κ1) is 16.9. The summed E-state index contributed by atoms with van der Waals surface area (Å²) in [7, 11) is -2.52. The minimum absolute atomic E-state index is 0.158. The van der Waals surface area contributed by atoms with Gasteiger partial charge in [0.2, 0.25) is 10.0 Å². The minimum atomic E-state index is -3.69. The monoisotopic (exact) mass is 281 g/mol. The second-order valence-corrected chi connectivity index (χ2v) is 6.08. The fourth-order valence-corrected chi connectivity index (χ4v) is 2.58. The minimum Gasteiger partial charge on any atom is -0.481 e. The Balaban J connectivity index is 4.51.